The Morgan fingerprint density at radius 1 is 1.50 bits per heavy atom. The number of thioether (sulfide) groups is 1. The number of halogens is 1. The van der Waals surface area contributed by atoms with Gasteiger partial charge in [-0.3, -0.25) is 0 Å². The van der Waals surface area contributed by atoms with Gasteiger partial charge in [0.2, 0.25) is 0 Å². The smallest absolute Gasteiger partial charge is 0.128 e. The van der Waals surface area contributed by atoms with Crippen molar-refractivity contribution in [2.45, 2.75) is 24.7 Å². The Morgan fingerprint density at radius 2 is 2.28 bits per heavy atom. The maximum absolute atomic E-state index is 13.5. The van der Waals surface area contributed by atoms with Gasteiger partial charge in [0.1, 0.15) is 5.82 Å². The van der Waals surface area contributed by atoms with Crippen LogP contribution in [-0.2, 0) is 0 Å². The molecule has 1 heterocycles. The summed E-state index contributed by atoms with van der Waals surface area (Å²) in [4.78, 5) is 2.35. The van der Waals surface area contributed by atoms with Crippen LogP contribution in [0, 0.1) is 5.82 Å². The van der Waals surface area contributed by atoms with Crippen LogP contribution in [0.15, 0.2) is 24.3 Å². The van der Waals surface area contributed by atoms with Gasteiger partial charge in [-0.1, -0.05) is 25.1 Å². The molecule has 0 bridgehead atoms. The molecule has 0 spiro atoms. The summed E-state index contributed by atoms with van der Waals surface area (Å²) in [7, 11) is 0. The molecule has 1 fully saturated rings. The van der Waals surface area contributed by atoms with E-state index in [1.807, 2.05) is 11.8 Å². The lowest BCUT2D eigenvalue weighted by Crippen LogP contribution is -2.37. The number of benzene rings is 1. The first-order valence-corrected chi connectivity index (χ1v) is 7.48. The van der Waals surface area contributed by atoms with Crippen LogP contribution in [0.1, 0.15) is 25.0 Å². The monoisotopic (exact) mass is 269 g/mol. The first-order valence-electron chi connectivity index (χ1n) is 6.43. The molecule has 18 heavy (non-hydrogen) atoms. The molecule has 0 amide bonds. The number of hydrogen-bond acceptors (Lipinski definition) is 3. The van der Waals surface area contributed by atoms with E-state index in [0.717, 1.165) is 25.4 Å². The fraction of sp³-hybridized carbons (Fsp3) is 0.571. The number of rotatable bonds is 4. The molecule has 4 heteroatoms. The third-order valence-electron chi connectivity index (χ3n) is 3.31. The highest BCUT2D eigenvalue weighted by molar-refractivity contribution is 7.99. The third-order valence-corrected chi connectivity index (χ3v) is 4.44. The van der Waals surface area contributed by atoms with Gasteiger partial charge in [0, 0.05) is 36.2 Å². The maximum Gasteiger partial charge on any atom is 0.128 e. The molecule has 2 nitrogen and oxygen atoms in total. The van der Waals surface area contributed by atoms with Crippen molar-refractivity contribution in [1.29, 1.82) is 0 Å². The summed E-state index contributed by atoms with van der Waals surface area (Å²) in [5.41, 5.74) is 0.414. The van der Waals surface area contributed by atoms with E-state index in [2.05, 4.69) is 11.8 Å². The molecule has 1 aliphatic rings. The van der Waals surface area contributed by atoms with Gasteiger partial charge in [0.05, 0.1) is 6.10 Å². The van der Waals surface area contributed by atoms with E-state index < -0.39 is 6.10 Å². The van der Waals surface area contributed by atoms with E-state index in [0.29, 0.717) is 17.2 Å². The minimum absolute atomic E-state index is 0.312. The molecule has 0 aromatic heterocycles. The predicted molar refractivity (Wildman–Crippen MR) is 74.3 cm³/mol. The zero-order valence-corrected chi connectivity index (χ0v) is 11.5. The van der Waals surface area contributed by atoms with Crippen molar-refractivity contribution in [2.75, 3.05) is 25.4 Å². The van der Waals surface area contributed by atoms with Gasteiger partial charge in [-0.2, -0.15) is 11.8 Å². The van der Waals surface area contributed by atoms with Gasteiger partial charge >= 0.3 is 0 Å². The van der Waals surface area contributed by atoms with Gasteiger partial charge in [-0.15, -0.1) is 0 Å². The second kappa shape index (κ2) is 6.55. The highest BCUT2D eigenvalue weighted by atomic mass is 32.2. The van der Waals surface area contributed by atoms with E-state index in [1.54, 1.807) is 18.2 Å². The van der Waals surface area contributed by atoms with Crippen LogP contribution in [0.5, 0.6) is 0 Å². The second-order valence-corrected chi connectivity index (χ2v) is 6.35. The quantitative estimate of drug-likeness (QED) is 0.909. The van der Waals surface area contributed by atoms with Crippen LogP contribution in [0.2, 0.25) is 0 Å². The molecule has 2 unspecified atom stereocenters. The fourth-order valence-corrected chi connectivity index (χ4v) is 3.38. The van der Waals surface area contributed by atoms with Crippen molar-refractivity contribution in [3.05, 3.63) is 35.6 Å². The Kier molecular flexibility index (Phi) is 5.03. The Balaban J connectivity index is 1.84. The molecular formula is C14H20FNOS. The summed E-state index contributed by atoms with van der Waals surface area (Å²) in [5.74, 6) is 0.837. The van der Waals surface area contributed by atoms with Gasteiger partial charge in [0.25, 0.3) is 0 Å². The van der Waals surface area contributed by atoms with Crippen molar-refractivity contribution in [3.8, 4) is 0 Å². The maximum atomic E-state index is 13.5. The summed E-state index contributed by atoms with van der Waals surface area (Å²) < 4.78 is 13.5. The zero-order chi connectivity index (χ0) is 13.0. The Labute approximate surface area is 112 Å². The average molecular weight is 269 g/mol. The lowest BCUT2D eigenvalue weighted by atomic mass is 10.1. The zero-order valence-electron chi connectivity index (χ0n) is 10.7. The lowest BCUT2D eigenvalue weighted by molar-refractivity contribution is 0.139. The minimum Gasteiger partial charge on any atom is -0.388 e. The molecule has 1 saturated heterocycles. The summed E-state index contributed by atoms with van der Waals surface area (Å²) in [6, 6.07) is 6.48. The van der Waals surface area contributed by atoms with Crippen molar-refractivity contribution >= 4 is 11.8 Å². The first kappa shape index (κ1) is 13.8. The van der Waals surface area contributed by atoms with Crippen LogP contribution in [0.25, 0.3) is 0 Å². The Morgan fingerprint density at radius 3 is 3.00 bits per heavy atom. The van der Waals surface area contributed by atoms with Gasteiger partial charge in [-0.05, 0) is 12.5 Å². The number of aliphatic hydroxyl groups is 1. The molecular weight excluding hydrogens is 249 g/mol. The van der Waals surface area contributed by atoms with Crippen molar-refractivity contribution in [3.63, 3.8) is 0 Å². The minimum atomic E-state index is -0.698. The summed E-state index contributed by atoms with van der Waals surface area (Å²) in [6.45, 7) is 5.19. The van der Waals surface area contributed by atoms with Crippen LogP contribution in [-0.4, -0.2) is 40.6 Å². The topological polar surface area (TPSA) is 23.5 Å². The van der Waals surface area contributed by atoms with E-state index in [1.165, 1.54) is 6.07 Å². The molecule has 1 aromatic carbocycles. The van der Waals surface area contributed by atoms with Crippen LogP contribution < -0.4 is 0 Å². The summed E-state index contributed by atoms with van der Waals surface area (Å²) in [6.07, 6.45) is -0.103. The van der Waals surface area contributed by atoms with Gasteiger partial charge in [0.15, 0.2) is 0 Å². The van der Waals surface area contributed by atoms with Crippen molar-refractivity contribution < 1.29 is 9.50 Å². The number of aliphatic hydroxyl groups excluding tert-OH is 1. The Hall–Kier alpha value is -0.580. The molecule has 1 aliphatic heterocycles. The largest absolute Gasteiger partial charge is 0.388 e. The molecule has 0 radical (unpaired) electrons. The average Bonchev–Trinajstić information content (AvgIpc) is 2.37. The molecule has 1 N–H and O–H groups in total. The molecule has 1 aromatic rings. The van der Waals surface area contributed by atoms with Gasteiger partial charge < -0.3 is 10.0 Å². The van der Waals surface area contributed by atoms with E-state index in [-0.39, 0.29) is 5.82 Å². The normalized spacial score (nSPS) is 22.9. The van der Waals surface area contributed by atoms with E-state index >= 15 is 0 Å². The standard InChI is InChI=1S/C14H20FNOS/c1-11-10-16(8-9-18-11)7-6-14(17)12-4-2-3-5-13(12)15/h2-5,11,14,17H,6-10H2,1H3. The molecule has 100 valence electrons. The first-order chi connectivity index (χ1) is 8.66. The van der Waals surface area contributed by atoms with Gasteiger partial charge in [-0.25, -0.2) is 4.39 Å². The van der Waals surface area contributed by atoms with Crippen LogP contribution in [0.3, 0.4) is 0 Å². The van der Waals surface area contributed by atoms with E-state index in [9.17, 15) is 9.50 Å². The molecule has 0 aliphatic carbocycles. The molecule has 2 rings (SSSR count). The Bertz CT molecular complexity index is 388. The molecule has 2 atom stereocenters. The van der Waals surface area contributed by atoms with Crippen molar-refractivity contribution in [1.82, 2.24) is 4.90 Å². The predicted octanol–water partition coefficient (Wildman–Crippen LogP) is 2.69. The summed E-state index contributed by atoms with van der Waals surface area (Å²) in [5, 5.41) is 10.7. The molecule has 0 saturated carbocycles. The second-order valence-electron chi connectivity index (χ2n) is 4.81. The summed E-state index contributed by atoms with van der Waals surface area (Å²) >= 11 is 1.99. The van der Waals surface area contributed by atoms with Crippen molar-refractivity contribution in [2.24, 2.45) is 0 Å². The number of hydrogen-bond donors (Lipinski definition) is 1. The van der Waals surface area contributed by atoms with Crippen LogP contribution >= 0.6 is 11.8 Å². The highest BCUT2D eigenvalue weighted by Gasteiger charge is 2.18. The van der Waals surface area contributed by atoms with E-state index in [4.69, 9.17) is 0 Å². The number of nitrogens with zero attached hydrogens (tertiary/aromatic N) is 1. The third kappa shape index (κ3) is 3.70. The van der Waals surface area contributed by atoms with Crippen LogP contribution in [0.4, 0.5) is 4.39 Å². The lowest BCUT2D eigenvalue weighted by Gasteiger charge is -2.31. The highest BCUT2D eigenvalue weighted by Crippen LogP contribution is 2.22. The fourth-order valence-electron chi connectivity index (χ4n) is 2.30. The SMILES string of the molecule is CC1CN(CCC(O)c2ccccc2F)CCS1.